The maximum absolute atomic E-state index is 11.4. The molecule has 0 saturated carbocycles. The highest BCUT2D eigenvalue weighted by atomic mass is 32.2. The van der Waals surface area contributed by atoms with Crippen LogP contribution in [-0.4, -0.2) is 52.3 Å². The quantitative estimate of drug-likeness (QED) is 0.350. The lowest BCUT2D eigenvalue weighted by Gasteiger charge is -2.14. The van der Waals surface area contributed by atoms with Gasteiger partial charge >= 0.3 is 18.0 Å². The summed E-state index contributed by atoms with van der Waals surface area (Å²) < 4.78 is 0. The fourth-order valence-electron chi connectivity index (χ4n) is 1.10. The van der Waals surface area contributed by atoms with Crippen LogP contribution in [0.4, 0.5) is 4.79 Å². The molecule has 4 N–H and O–H groups in total. The number of terminal acetylenes is 1. The largest absolute Gasteiger partial charge is 0.481 e. The number of rotatable bonds is 9. The van der Waals surface area contributed by atoms with E-state index in [1.165, 1.54) is 11.8 Å². The van der Waals surface area contributed by atoms with Crippen LogP contribution in [0.15, 0.2) is 0 Å². The van der Waals surface area contributed by atoms with Gasteiger partial charge in [-0.25, -0.2) is 9.59 Å². The molecule has 0 rings (SSSR count). The van der Waals surface area contributed by atoms with Gasteiger partial charge in [-0.05, 0) is 6.42 Å². The summed E-state index contributed by atoms with van der Waals surface area (Å²) in [6.07, 6.45) is 4.56. The molecule has 0 bridgehead atoms. The Bertz CT molecular complexity index is 367. The topological polar surface area (TPSA) is 116 Å². The number of amides is 2. The molecule has 0 radical (unpaired) electrons. The Morgan fingerprint density at radius 2 is 2.00 bits per heavy atom. The number of carbonyl (C=O) groups excluding carboxylic acids is 1. The maximum atomic E-state index is 11.4. The molecule has 0 aliphatic heterocycles. The lowest BCUT2D eigenvalue weighted by Crippen LogP contribution is -2.46. The molecule has 19 heavy (non-hydrogen) atoms. The number of carboxylic acids is 2. The number of thioether (sulfide) groups is 1. The third-order valence-corrected chi connectivity index (χ3v) is 2.83. The first-order valence-corrected chi connectivity index (χ1v) is 6.63. The van der Waals surface area contributed by atoms with E-state index >= 15 is 0 Å². The molecule has 0 aromatic rings. The number of urea groups is 1. The van der Waals surface area contributed by atoms with E-state index < -0.39 is 24.0 Å². The first-order valence-electron chi connectivity index (χ1n) is 5.47. The second-order valence-corrected chi connectivity index (χ2v) is 4.59. The molecule has 0 unspecified atom stereocenters. The van der Waals surface area contributed by atoms with Crippen LogP contribution in [0.5, 0.6) is 0 Å². The van der Waals surface area contributed by atoms with E-state index in [1.54, 1.807) is 0 Å². The summed E-state index contributed by atoms with van der Waals surface area (Å²) in [7, 11) is 0. The van der Waals surface area contributed by atoms with Gasteiger partial charge in [-0.15, -0.1) is 18.2 Å². The molecule has 8 heteroatoms. The first-order chi connectivity index (χ1) is 8.97. The average Bonchev–Trinajstić information content (AvgIpc) is 2.33. The SMILES string of the molecule is C#CCSCCNC(=O)N[C@@H](CCC(=O)O)C(=O)O. The molecule has 2 amide bonds. The van der Waals surface area contributed by atoms with Gasteiger partial charge in [0.2, 0.25) is 0 Å². The van der Waals surface area contributed by atoms with Gasteiger partial charge < -0.3 is 20.8 Å². The summed E-state index contributed by atoms with van der Waals surface area (Å²) in [4.78, 5) is 32.5. The highest BCUT2D eigenvalue weighted by Gasteiger charge is 2.20. The van der Waals surface area contributed by atoms with Crippen molar-refractivity contribution >= 4 is 29.7 Å². The molecule has 0 heterocycles. The van der Waals surface area contributed by atoms with Crippen molar-refractivity contribution in [2.45, 2.75) is 18.9 Å². The van der Waals surface area contributed by atoms with Gasteiger partial charge in [0.1, 0.15) is 6.04 Å². The number of hydrogen-bond donors (Lipinski definition) is 4. The number of hydrogen-bond acceptors (Lipinski definition) is 4. The second kappa shape index (κ2) is 10.1. The Balaban J connectivity index is 3.94. The standard InChI is InChI=1S/C11H16N2O5S/c1-2-6-19-7-5-12-11(18)13-8(10(16)17)3-4-9(14)15/h1,8H,3-7H2,(H,14,15)(H,16,17)(H2,12,13,18)/t8-/m0/s1. The minimum absolute atomic E-state index is 0.163. The highest BCUT2D eigenvalue weighted by Crippen LogP contribution is 1.98. The minimum atomic E-state index is -1.27. The van der Waals surface area contributed by atoms with Gasteiger partial charge in [-0.2, -0.15) is 0 Å². The summed E-state index contributed by atoms with van der Waals surface area (Å²) in [5.41, 5.74) is 0. The van der Waals surface area contributed by atoms with E-state index in [0.717, 1.165) is 0 Å². The molecule has 0 fully saturated rings. The summed E-state index contributed by atoms with van der Waals surface area (Å²) >= 11 is 1.46. The Labute approximate surface area is 115 Å². The van der Waals surface area contributed by atoms with Gasteiger partial charge in [0.05, 0.1) is 5.75 Å². The third kappa shape index (κ3) is 9.79. The van der Waals surface area contributed by atoms with Gasteiger partial charge in [-0.1, -0.05) is 5.92 Å². The Morgan fingerprint density at radius 1 is 1.32 bits per heavy atom. The van der Waals surface area contributed by atoms with Crippen LogP contribution in [0.25, 0.3) is 0 Å². The fraction of sp³-hybridized carbons (Fsp3) is 0.545. The predicted molar refractivity (Wildman–Crippen MR) is 71.0 cm³/mol. The molecule has 0 aliphatic carbocycles. The summed E-state index contributed by atoms with van der Waals surface area (Å²) in [6, 6.07) is -1.85. The van der Waals surface area contributed by atoms with Gasteiger partial charge in [0.15, 0.2) is 0 Å². The Morgan fingerprint density at radius 3 is 2.53 bits per heavy atom. The van der Waals surface area contributed by atoms with Crippen molar-refractivity contribution in [2.24, 2.45) is 0 Å². The molecule has 106 valence electrons. The van der Waals surface area contributed by atoms with E-state index in [-0.39, 0.29) is 12.8 Å². The molecule has 7 nitrogen and oxygen atoms in total. The van der Waals surface area contributed by atoms with Crippen LogP contribution in [0.3, 0.4) is 0 Å². The molecule has 1 atom stereocenters. The van der Waals surface area contributed by atoms with Crippen molar-refractivity contribution in [1.29, 1.82) is 0 Å². The normalized spacial score (nSPS) is 11.1. The third-order valence-electron chi connectivity index (χ3n) is 1.97. The van der Waals surface area contributed by atoms with E-state index in [0.29, 0.717) is 18.1 Å². The lowest BCUT2D eigenvalue weighted by atomic mass is 10.1. The van der Waals surface area contributed by atoms with Crippen LogP contribution in [-0.2, 0) is 9.59 Å². The smallest absolute Gasteiger partial charge is 0.326 e. The molecule has 0 aliphatic rings. The summed E-state index contributed by atoms with van der Waals surface area (Å²) in [6.45, 7) is 0.351. The second-order valence-electron chi connectivity index (χ2n) is 3.48. The van der Waals surface area contributed by atoms with Crippen molar-refractivity contribution < 1.29 is 24.6 Å². The monoisotopic (exact) mass is 288 g/mol. The number of carboxylic acid groups (broad SMARTS) is 2. The first kappa shape index (κ1) is 17.1. The van der Waals surface area contributed by atoms with Crippen molar-refractivity contribution in [3.63, 3.8) is 0 Å². The van der Waals surface area contributed by atoms with Crippen LogP contribution in [0, 0.1) is 12.3 Å². The zero-order chi connectivity index (χ0) is 14.7. The molecular weight excluding hydrogens is 272 g/mol. The van der Waals surface area contributed by atoms with E-state index in [9.17, 15) is 14.4 Å². The molecule has 0 spiro atoms. The minimum Gasteiger partial charge on any atom is -0.481 e. The Kier molecular flexibility index (Phi) is 9.08. The van der Waals surface area contributed by atoms with Crippen molar-refractivity contribution in [2.75, 3.05) is 18.1 Å². The average molecular weight is 288 g/mol. The zero-order valence-corrected chi connectivity index (χ0v) is 11.0. The molecule has 0 aromatic heterocycles. The fourth-order valence-corrected chi connectivity index (χ4v) is 1.61. The Hall–Kier alpha value is -1.88. The number of nitrogens with one attached hydrogen (secondary N) is 2. The van der Waals surface area contributed by atoms with Gasteiger partial charge in [0.25, 0.3) is 0 Å². The summed E-state index contributed by atoms with van der Waals surface area (Å²) in [5.74, 6) is 1.21. The predicted octanol–water partition coefficient (Wildman–Crippen LogP) is -0.0300. The van der Waals surface area contributed by atoms with Crippen LogP contribution < -0.4 is 10.6 Å². The number of aliphatic carboxylic acids is 2. The van der Waals surface area contributed by atoms with Gasteiger partial charge in [0, 0.05) is 18.7 Å². The van der Waals surface area contributed by atoms with Crippen LogP contribution >= 0.6 is 11.8 Å². The van der Waals surface area contributed by atoms with Gasteiger partial charge in [-0.3, -0.25) is 4.79 Å². The summed E-state index contributed by atoms with van der Waals surface area (Å²) in [5, 5.41) is 21.9. The van der Waals surface area contributed by atoms with Crippen molar-refractivity contribution in [1.82, 2.24) is 10.6 Å². The van der Waals surface area contributed by atoms with E-state index in [4.69, 9.17) is 16.6 Å². The van der Waals surface area contributed by atoms with Crippen LogP contribution in [0.2, 0.25) is 0 Å². The molecular formula is C11H16N2O5S. The zero-order valence-electron chi connectivity index (χ0n) is 10.2. The highest BCUT2D eigenvalue weighted by molar-refractivity contribution is 7.99. The lowest BCUT2D eigenvalue weighted by molar-refractivity contribution is -0.140. The number of carbonyl (C=O) groups is 3. The van der Waals surface area contributed by atoms with Crippen LogP contribution in [0.1, 0.15) is 12.8 Å². The van der Waals surface area contributed by atoms with E-state index in [1.807, 2.05) is 0 Å². The van der Waals surface area contributed by atoms with Crippen molar-refractivity contribution in [3.8, 4) is 12.3 Å². The van der Waals surface area contributed by atoms with Crippen molar-refractivity contribution in [3.05, 3.63) is 0 Å². The molecule has 0 aromatic carbocycles. The maximum Gasteiger partial charge on any atom is 0.326 e. The molecule has 0 saturated heterocycles. The van der Waals surface area contributed by atoms with E-state index in [2.05, 4.69) is 16.6 Å².